The van der Waals surface area contributed by atoms with E-state index in [1.807, 2.05) is 0 Å². The van der Waals surface area contributed by atoms with Crippen molar-refractivity contribution in [1.29, 1.82) is 0 Å². The molecular weight excluding hydrogens is 229 g/mol. The zero-order valence-electron chi connectivity index (χ0n) is 7.55. The Kier molecular flexibility index (Phi) is 3.11. The van der Waals surface area contributed by atoms with E-state index in [4.69, 9.17) is 11.6 Å². The van der Waals surface area contributed by atoms with Gasteiger partial charge in [-0.1, -0.05) is 36.4 Å². The number of benzene rings is 1. The van der Waals surface area contributed by atoms with Crippen molar-refractivity contribution in [3.63, 3.8) is 0 Å². The largest absolute Gasteiger partial charge is 0.425 e. The topological polar surface area (TPSA) is 20.2 Å². The third-order valence-electron chi connectivity index (χ3n) is 2.01. The number of hydrogen-bond donors (Lipinski definition) is 1. The molecule has 1 rings (SSSR count). The summed E-state index contributed by atoms with van der Waals surface area (Å²) in [7, 11) is 0. The molecule has 1 atom stereocenters. The van der Waals surface area contributed by atoms with Crippen LogP contribution in [0.15, 0.2) is 36.9 Å². The van der Waals surface area contributed by atoms with Gasteiger partial charge < -0.3 is 5.11 Å². The van der Waals surface area contributed by atoms with E-state index in [9.17, 15) is 18.3 Å². The first-order valence-electron chi connectivity index (χ1n) is 4.00. The smallest absolute Gasteiger partial charge is 0.373 e. The van der Waals surface area contributed by atoms with Gasteiger partial charge in [0.15, 0.2) is 0 Å². The molecule has 0 aliphatic carbocycles. The zero-order chi connectivity index (χ0) is 11.7. The standard InChI is InChI=1S/C10H8ClF3O/c1-2-9(15,10(12,13)14)7-5-3-4-6-8(7)11/h2-6,15H,1H2. The van der Waals surface area contributed by atoms with Crippen LogP contribution in [0.4, 0.5) is 13.2 Å². The summed E-state index contributed by atoms with van der Waals surface area (Å²) in [5, 5.41) is 9.33. The summed E-state index contributed by atoms with van der Waals surface area (Å²) in [4.78, 5) is 0. The van der Waals surface area contributed by atoms with Gasteiger partial charge in [0.2, 0.25) is 5.60 Å². The van der Waals surface area contributed by atoms with Gasteiger partial charge in [-0.15, -0.1) is 0 Å². The molecule has 0 radical (unpaired) electrons. The normalized spacial score (nSPS) is 15.8. The highest BCUT2D eigenvalue weighted by Gasteiger charge is 2.53. The van der Waals surface area contributed by atoms with Crippen LogP contribution in [0.3, 0.4) is 0 Å². The summed E-state index contributed by atoms with van der Waals surface area (Å²) in [5.74, 6) is 0. The highest BCUT2D eigenvalue weighted by atomic mass is 35.5. The molecule has 0 saturated carbocycles. The van der Waals surface area contributed by atoms with Crippen LogP contribution >= 0.6 is 11.6 Å². The van der Waals surface area contributed by atoms with Crippen LogP contribution in [-0.4, -0.2) is 11.3 Å². The van der Waals surface area contributed by atoms with Crippen LogP contribution in [0.1, 0.15) is 5.56 Å². The molecule has 5 heteroatoms. The minimum Gasteiger partial charge on any atom is -0.373 e. The van der Waals surface area contributed by atoms with Crippen molar-refractivity contribution >= 4 is 11.6 Å². The lowest BCUT2D eigenvalue weighted by Crippen LogP contribution is -2.40. The fourth-order valence-electron chi connectivity index (χ4n) is 1.15. The maximum absolute atomic E-state index is 12.6. The summed E-state index contributed by atoms with van der Waals surface area (Å²) < 4.78 is 37.8. The molecule has 82 valence electrons. The molecule has 1 unspecified atom stereocenters. The van der Waals surface area contributed by atoms with Crippen molar-refractivity contribution in [2.75, 3.05) is 0 Å². The monoisotopic (exact) mass is 236 g/mol. The Balaban J connectivity index is 3.37. The molecule has 0 aliphatic rings. The fourth-order valence-corrected chi connectivity index (χ4v) is 1.43. The Labute approximate surface area is 89.8 Å². The first kappa shape index (κ1) is 12.1. The lowest BCUT2D eigenvalue weighted by molar-refractivity contribution is -0.245. The zero-order valence-corrected chi connectivity index (χ0v) is 8.31. The van der Waals surface area contributed by atoms with E-state index in [1.165, 1.54) is 18.2 Å². The molecule has 1 nitrogen and oxygen atoms in total. The number of aliphatic hydroxyl groups is 1. The van der Waals surface area contributed by atoms with Crippen molar-refractivity contribution < 1.29 is 18.3 Å². The van der Waals surface area contributed by atoms with Gasteiger partial charge in [0, 0.05) is 10.6 Å². The van der Waals surface area contributed by atoms with Crippen molar-refractivity contribution in [2.24, 2.45) is 0 Å². The molecule has 0 spiro atoms. The SMILES string of the molecule is C=CC(O)(c1ccccc1Cl)C(F)(F)F. The number of alkyl halides is 3. The molecule has 1 aromatic carbocycles. The lowest BCUT2D eigenvalue weighted by Gasteiger charge is -2.28. The molecule has 0 fully saturated rings. The Morgan fingerprint density at radius 1 is 1.27 bits per heavy atom. The first-order valence-corrected chi connectivity index (χ1v) is 4.38. The third-order valence-corrected chi connectivity index (χ3v) is 2.34. The molecule has 0 aromatic heterocycles. The van der Waals surface area contributed by atoms with Crippen LogP contribution in [0, 0.1) is 0 Å². The second kappa shape index (κ2) is 3.87. The van der Waals surface area contributed by atoms with Crippen molar-refractivity contribution in [2.45, 2.75) is 11.8 Å². The minimum absolute atomic E-state index is 0.155. The van der Waals surface area contributed by atoms with E-state index in [0.29, 0.717) is 6.08 Å². The quantitative estimate of drug-likeness (QED) is 0.782. The van der Waals surface area contributed by atoms with E-state index in [-0.39, 0.29) is 5.02 Å². The highest BCUT2D eigenvalue weighted by Crippen LogP contribution is 2.42. The maximum Gasteiger partial charge on any atom is 0.425 e. The summed E-state index contributed by atoms with van der Waals surface area (Å²) in [6, 6.07) is 5.22. The summed E-state index contributed by atoms with van der Waals surface area (Å²) in [5.41, 5.74) is -3.53. The number of hydrogen-bond acceptors (Lipinski definition) is 1. The van der Waals surface area contributed by atoms with Crippen LogP contribution < -0.4 is 0 Å². The van der Waals surface area contributed by atoms with Crippen LogP contribution in [-0.2, 0) is 5.60 Å². The predicted molar refractivity (Wildman–Crippen MR) is 51.6 cm³/mol. The summed E-state index contributed by atoms with van der Waals surface area (Å²) >= 11 is 5.59. The number of rotatable bonds is 2. The van der Waals surface area contributed by atoms with Gasteiger partial charge in [-0.3, -0.25) is 0 Å². The van der Waals surface area contributed by atoms with E-state index < -0.39 is 17.3 Å². The van der Waals surface area contributed by atoms with E-state index >= 15 is 0 Å². The van der Waals surface area contributed by atoms with Gasteiger partial charge in [-0.05, 0) is 12.1 Å². The summed E-state index contributed by atoms with van der Waals surface area (Å²) in [6.45, 7) is 2.99. The predicted octanol–water partition coefficient (Wildman–Crippen LogP) is 3.28. The maximum atomic E-state index is 12.6. The molecule has 0 heterocycles. The Morgan fingerprint density at radius 2 is 1.80 bits per heavy atom. The average Bonchev–Trinajstić information content (AvgIpc) is 2.15. The lowest BCUT2D eigenvalue weighted by atomic mass is 9.93. The van der Waals surface area contributed by atoms with Gasteiger partial charge in [-0.25, -0.2) is 0 Å². The highest BCUT2D eigenvalue weighted by molar-refractivity contribution is 6.31. The second-order valence-electron chi connectivity index (χ2n) is 2.95. The second-order valence-corrected chi connectivity index (χ2v) is 3.36. The van der Waals surface area contributed by atoms with Gasteiger partial charge >= 0.3 is 6.18 Å². The van der Waals surface area contributed by atoms with Gasteiger partial charge in [0.1, 0.15) is 0 Å². The van der Waals surface area contributed by atoms with Crippen molar-refractivity contribution in [1.82, 2.24) is 0 Å². The Bertz CT molecular complexity index is 375. The van der Waals surface area contributed by atoms with Crippen molar-refractivity contribution in [3.8, 4) is 0 Å². The molecule has 0 aliphatic heterocycles. The fraction of sp³-hybridized carbons (Fsp3) is 0.200. The van der Waals surface area contributed by atoms with Gasteiger partial charge in [0.05, 0.1) is 0 Å². The average molecular weight is 237 g/mol. The van der Waals surface area contributed by atoms with E-state index in [2.05, 4.69) is 6.58 Å². The molecular formula is C10H8ClF3O. The molecule has 0 saturated heterocycles. The van der Waals surface area contributed by atoms with Crippen molar-refractivity contribution in [3.05, 3.63) is 47.5 Å². The Morgan fingerprint density at radius 3 is 2.20 bits per heavy atom. The van der Waals surface area contributed by atoms with Gasteiger partial charge in [-0.2, -0.15) is 13.2 Å². The summed E-state index contributed by atoms with van der Waals surface area (Å²) in [6.07, 6.45) is -4.42. The van der Waals surface area contributed by atoms with Crippen LogP contribution in [0.25, 0.3) is 0 Å². The van der Waals surface area contributed by atoms with E-state index in [1.54, 1.807) is 0 Å². The minimum atomic E-state index is -4.85. The molecule has 1 aromatic rings. The Hall–Kier alpha value is -1.00. The van der Waals surface area contributed by atoms with Gasteiger partial charge in [0.25, 0.3) is 0 Å². The molecule has 1 N–H and O–H groups in total. The number of halogens is 4. The molecule has 15 heavy (non-hydrogen) atoms. The molecule has 0 amide bonds. The van der Waals surface area contributed by atoms with Crippen LogP contribution in [0.2, 0.25) is 5.02 Å². The third kappa shape index (κ3) is 2.01. The van der Waals surface area contributed by atoms with Crippen LogP contribution in [0.5, 0.6) is 0 Å². The van der Waals surface area contributed by atoms with E-state index in [0.717, 1.165) is 6.07 Å². The molecule has 0 bridgehead atoms. The first-order chi connectivity index (χ1) is 6.83.